The molecule has 2 saturated carbocycles. The van der Waals surface area contributed by atoms with E-state index in [1.807, 2.05) is 13.8 Å². The molecule has 5 heteroatoms. The summed E-state index contributed by atoms with van der Waals surface area (Å²) in [7, 11) is 0. The van der Waals surface area contributed by atoms with E-state index in [0.29, 0.717) is 18.4 Å². The van der Waals surface area contributed by atoms with Gasteiger partial charge in [-0.1, -0.05) is 20.4 Å². The summed E-state index contributed by atoms with van der Waals surface area (Å²) in [5, 5.41) is 30.6. The number of carbonyl (C=O) groups excluding carboxylic acids is 1. The van der Waals surface area contributed by atoms with Crippen molar-refractivity contribution in [3.05, 3.63) is 12.2 Å². The number of hydrogen-bond donors (Lipinski definition) is 3. The molecule has 3 fully saturated rings. The SMILES string of the molecule is C=C1C(=O)O[C@H]2C[C@H](C)[C@H]3[C@H](O)[C@H](O)[C@H](O)[C@]3(C)C[C@@H]12. The molecule has 0 aromatic heterocycles. The van der Waals surface area contributed by atoms with Gasteiger partial charge in [0.25, 0.3) is 0 Å². The number of aliphatic hydroxyl groups is 3. The molecule has 8 atom stereocenters. The molecule has 2 aliphatic carbocycles. The highest BCUT2D eigenvalue weighted by Gasteiger charge is 2.62. The van der Waals surface area contributed by atoms with Gasteiger partial charge >= 0.3 is 5.97 Å². The third-order valence-corrected chi connectivity index (χ3v) is 5.77. The van der Waals surface area contributed by atoms with E-state index in [4.69, 9.17) is 4.74 Å². The molecule has 0 amide bonds. The van der Waals surface area contributed by atoms with Gasteiger partial charge in [-0.2, -0.15) is 0 Å². The molecule has 3 rings (SSSR count). The molecule has 1 saturated heterocycles. The van der Waals surface area contributed by atoms with Crippen molar-refractivity contribution >= 4 is 5.97 Å². The predicted octanol–water partition coefficient (Wildman–Crippen LogP) is 0.233. The van der Waals surface area contributed by atoms with Crippen molar-refractivity contribution < 1.29 is 24.9 Å². The van der Waals surface area contributed by atoms with Crippen molar-refractivity contribution in [3.8, 4) is 0 Å². The lowest BCUT2D eigenvalue weighted by Crippen LogP contribution is -2.38. The Morgan fingerprint density at radius 2 is 1.95 bits per heavy atom. The van der Waals surface area contributed by atoms with Crippen LogP contribution in [0.25, 0.3) is 0 Å². The second-order valence-corrected chi connectivity index (χ2v) is 6.95. The van der Waals surface area contributed by atoms with Gasteiger partial charge in [0.2, 0.25) is 0 Å². The Morgan fingerprint density at radius 3 is 2.60 bits per heavy atom. The van der Waals surface area contributed by atoms with Crippen LogP contribution in [0.3, 0.4) is 0 Å². The lowest BCUT2D eigenvalue weighted by Gasteiger charge is -2.37. The zero-order valence-electron chi connectivity index (χ0n) is 11.8. The Hall–Kier alpha value is -0.910. The van der Waals surface area contributed by atoms with Crippen LogP contribution in [0.1, 0.15) is 26.7 Å². The minimum absolute atomic E-state index is 0.0514. The van der Waals surface area contributed by atoms with Gasteiger partial charge in [0.1, 0.15) is 12.2 Å². The standard InChI is InChI=1S/C15H22O5/c1-6-4-9-8(7(2)14(19)20-9)5-15(3)10(6)11(16)12(17)13(15)18/h6,8-13,16-18H,2,4-5H2,1,3H3/t6-,8-,9-,10-,11-,12-,13-,15+/m0/s1. The number of esters is 1. The molecule has 1 aliphatic heterocycles. The van der Waals surface area contributed by atoms with Crippen molar-refractivity contribution in [3.63, 3.8) is 0 Å². The molecule has 20 heavy (non-hydrogen) atoms. The summed E-state index contributed by atoms with van der Waals surface area (Å²) < 4.78 is 5.37. The highest BCUT2D eigenvalue weighted by atomic mass is 16.6. The lowest BCUT2D eigenvalue weighted by molar-refractivity contribution is -0.139. The highest BCUT2D eigenvalue weighted by molar-refractivity contribution is 5.90. The maximum Gasteiger partial charge on any atom is 0.334 e. The molecular weight excluding hydrogens is 260 g/mol. The third kappa shape index (κ3) is 1.63. The maximum absolute atomic E-state index is 11.7. The van der Waals surface area contributed by atoms with Crippen LogP contribution < -0.4 is 0 Å². The van der Waals surface area contributed by atoms with Crippen LogP contribution in [0.5, 0.6) is 0 Å². The van der Waals surface area contributed by atoms with E-state index in [1.165, 1.54) is 0 Å². The first kappa shape index (κ1) is 14.0. The largest absolute Gasteiger partial charge is 0.458 e. The fourth-order valence-corrected chi connectivity index (χ4v) is 4.74. The van der Waals surface area contributed by atoms with Crippen LogP contribution >= 0.6 is 0 Å². The Balaban J connectivity index is 2.00. The van der Waals surface area contributed by atoms with Crippen LogP contribution in [0.2, 0.25) is 0 Å². The van der Waals surface area contributed by atoms with Crippen LogP contribution in [0.15, 0.2) is 12.2 Å². The molecule has 0 radical (unpaired) electrons. The van der Waals surface area contributed by atoms with Crippen LogP contribution in [-0.2, 0) is 9.53 Å². The zero-order chi connectivity index (χ0) is 14.8. The van der Waals surface area contributed by atoms with E-state index in [9.17, 15) is 20.1 Å². The summed E-state index contributed by atoms with van der Waals surface area (Å²) in [6.07, 6.45) is -2.14. The van der Waals surface area contributed by atoms with Crippen molar-refractivity contribution in [1.82, 2.24) is 0 Å². The maximum atomic E-state index is 11.7. The third-order valence-electron chi connectivity index (χ3n) is 5.77. The summed E-state index contributed by atoms with van der Waals surface area (Å²) in [6, 6.07) is 0. The fourth-order valence-electron chi connectivity index (χ4n) is 4.74. The topological polar surface area (TPSA) is 87.0 Å². The van der Waals surface area contributed by atoms with Gasteiger partial charge in [-0.05, 0) is 24.7 Å². The van der Waals surface area contributed by atoms with Crippen molar-refractivity contribution in [2.24, 2.45) is 23.2 Å². The molecule has 0 bridgehead atoms. The first-order chi connectivity index (χ1) is 9.27. The summed E-state index contributed by atoms with van der Waals surface area (Å²) >= 11 is 0. The van der Waals surface area contributed by atoms with Gasteiger partial charge in [0.15, 0.2) is 0 Å². The summed E-state index contributed by atoms with van der Waals surface area (Å²) in [4.78, 5) is 11.7. The number of hydrogen-bond acceptors (Lipinski definition) is 5. The summed E-state index contributed by atoms with van der Waals surface area (Å²) in [6.45, 7) is 7.68. The monoisotopic (exact) mass is 282 g/mol. The molecule has 0 spiro atoms. The average molecular weight is 282 g/mol. The van der Waals surface area contributed by atoms with E-state index < -0.39 is 23.7 Å². The molecule has 1 heterocycles. The Labute approximate surface area is 118 Å². The second-order valence-electron chi connectivity index (χ2n) is 6.95. The van der Waals surface area contributed by atoms with E-state index >= 15 is 0 Å². The minimum atomic E-state index is -1.13. The smallest absolute Gasteiger partial charge is 0.334 e. The van der Waals surface area contributed by atoms with Crippen LogP contribution in [-0.4, -0.2) is 45.7 Å². The van der Waals surface area contributed by atoms with Crippen molar-refractivity contribution in [2.45, 2.75) is 51.1 Å². The normalized spacial score (nSPS) is 55.1. The Kier molecular flexibility index (Phi) is 3.01. The van der Waals surface area contributed by atoms with Gasteiger partial charge in [-0.25, -0.2) is 4.79 Å². The van der Waals surface area contributed by atoms with E-state index in [1.54, 1.807) is 0 Å². The van der Waals surface area contributed by atoms with Crippen molar-refractivity contribution in [2.75, 3.05) is 0 Å². The molecule has 112 valence electrons. The van der Waals surface area contributed by atoms with Crippen LogP contribution in [0, 0.1) is 23.2 Å². The van der Waals surface area contributed by atoms with Gasteiger partial charge in [0, 0.05) is 16.9 Å². The quantitative estimate of drug-likeness (QED) is 0.437. The van der Waals surface area contributed by atoms with E-state index in [2.05, 4.69) is 6.58 Å². The Bertz CT molecular complexity index is 461. The predicted molar refractivity (Wildman–Crippen MR) is 70.5 cm³/mol. The number of carbonyl (C=O) groups is 1. The number of ether oxygens (including phenoxy) is 1. The summed E-state index contributed by atoms with van der Waals surface area (Å²) in [5.41, 5.74) is -0.179. The number of aliphatic hydroxyl groups excluding tert-OH is 3. The Morgan fingerprint density at radius 1 is 1.30 bits per heavy atom. The van der Waals surface area contributed by atoms with Gasteiger partial charge in [-0.15, -0.1) is 0 Å². The molecule has 0 unspecified atom stereocenters. The fraction of sp³-hybridized carbons (Fsp3) is 0.800. The molecular formula is C15H22O5. The molecule has 0 aromatic rings. The van der Waals surface area contributed by atoms with Crippen molar-refractivity contribution in [1.29, 1.82) is 0 Å². The molecule has 3 aliphatic rings. The van der Waals surface area contributed by atoms with E-state index in [-0.39, 0.29) is 29.8 Å². The van der Waals surface area contributed by atoms with Gasteiger partial charge in [0.05, 0.1) is 12.2 Å². The number of fused-ring (bicyclic) bond motifs is 2. The average Bonchev–Trinajstić information content (AvgIpc) is 2.66. The highest BCUT2D eigenvalue weighted by Crippen LogP contribution is 2.56. The first-order valence-electron chi connectivity index (χ1n) is 7.21. The second kappa shape index (κ2) is 4.29. The minimum Gasteiger partial charge on any atom is -0.458 e. The molecule has 3 N–H and O–H groups in total. The molecule has 0 aromatic carbocycles. The van der Waals surface area contributed by atoms with E-state index in [0.717, 1.165) is 0 Å². The lowest BCUT2D eigenvalue weighted by atomic mass is 9.69. The zero-order valence-corrected chi connectivity index (χ0v) is 11.8. The van der Waals surface area contributed by atoms with Gasteiger partial charge < -0.3 is 20.1 Å². The molecule has 5 nitrogen and oxygen atoms in total. The van der Waals surface area contributed by atoms with Crippen LogP contribution in [0.4, 0.5) is 0 Å². The first-order valence-corrected chi connectivity index (χ1v) is 7.21. The van der Waals surface area contributed by atoms with Gasteiger partial charge in [-0.3, -0.25) is 0 Å². The summed E-state index contributed by atoms with van der Waals surface area (Å²) in [5.74, 6) is -0.643. The number of rotatable bonds is 0.